The van der Waals surface area contributed by atoms with Gasteiger partial charge >= 0.3 is 0 Å². The van der Waals surface area contributed by atoms with E-state index in [2.05, 4.69) is 10.5 Å². The fourth-order valence-corrected chi connectivity index (χ4v) is 2.24. The summed E-state index contributed by atoms with van der Waals surface area (Å²) in [6.07, 6.45) is 3.79. The van der Waals surface area contributed by atoms with Crippen LogP contribution in [-0.4, -0.2) is 11.1 Å². The van der Waals surface area contributed by atoms with E-state index < -0.39 is 0 Å². The van der Waals surface area contributed by atoms with Gasteiger partial charge in [0, 0.05) is 17.5 Å². The zero-order valence-electron chi connectivity index (χ0n) is 12.3. The molecule has 1 N–H and O–H groups in total. The SMILES string of the molecule is O=C(CCc1conc1-c1cccc(F)c1)NCc1ccco1. The quantitative estimate of drug-likeness (QED) is 0.758. The normalized spacial score (nSPS) is 10.7. The molecule has 3 rings (SSSR count). The van der Waals surface area contributed by atoms with Crippen LogP contribution < -0.4 is 5.32 Å². The summed E-state index contributed by atoms with van der Waals surface area (Å²) in [6.45, 7) is 0.353. The fourth-order valence-electron chi connectivity index (χ4n) is 2.24. The summed E-state index contributed by atoms with van der Waals surface area (Å²) in [5, 5.41) is 6.68. The van der Waals surface area contributed by atoms with Crippen molar-refractivity contribution in [3.05, 3.63) is 66.1 Å². The Morgan fingerprint density at radius 1 is 1.26 bits per heavy atom. The number of benzene rings is 1. The predicted octanol–water partition coefficient (Wildman–Crippen LogP) is 3.32. The van der Waals surface area contributed by atoms with Crippen LogP contribution in [0.5, 0.6) is 0 Å². The Bertz CT molecular complexity index is 781. The van der Waals surface area contributed by atoms with E-state index in [9.17, 15) is 9.18 Å². The lowest BCUT2D eigenvalue weighted by molar-refractivity contribution is -0.121. The van der Waals surface area contributed by atoms with Crippen LogP contribution in [0.25, 0.3) is 11.3 Å². The van der Waals surface area contributed by atoms with Crippen molar-refractivity contribution in [1.82, 2.24) is 10.5 Å². The maximum Gasteiger partial charge on any atom is 0.220 e. The second-order valence-corrected chi connectivity index (χ2v) is 5.05. The standard InChI is InChI=1S/C17H15FN2O3/c18-14-4-1-3-12(9-14)17-13(11-23-20-17)6-7-16(21)19-10-15-5-2-8-22-15/h1-5,8-9,11H,6-7,10H2,(H,19,21). The minimum atomic E-state index is -0.340. The largest absolute Gasteiger partial charge is 0.467 e. The fraction of sp³-hybridized carbons (Fsp3) is 0.176. The number of hydrogen-bond acceptors (Lipinski definition) is 4. The molecule has 2 aromatic heterocycles. The van der Waals surface area contributed by atoms with Crippen LogP contribution in [0.4, 0.5) is 4.39 Å². The zero-order chi connectivity index (χ0) is 16.1. The minimum Gasteiger partial charge on any atom is -0.467 e. The van der Waals surface area contributed by atoms with E-state index in [1.807, 2.05) is 0 Å². The van der Waals surface area contributed by atoms with Gasteiger partial charge in [-0.1, -0.05) is 17.3 Å². The van der Waals surface area contributed by atoms with Gasteiger partial charge in [-0.05, 0) is 30.7 Å². The number of nitrogens with zero attached hydrogens (tertiary/aromatic N) is 1. The number of furan rings is 1. The third-order valence-electron chi connectivity index (χ3n) is 3.40. The van der Waals surface area contributed by atoms with E-state index in [0.29, 0.717) is 30.0 Å². The van der Waals surface area contributed by atoms with Gasteiger partial charge in [0.15, 0.2) is 0 Å². The highest BCUT2D eigenvalue weighted by atomic mass is 19.1. The lowest BCUT2D eigenvalue weighted by Gasteiger charge is -2.04. The number of carbonyl (C=O) groups excluding carboxylic acids is 1. The average molecular weight is 314 g/mol. The maximum absolute atomic E-state index is 13.3. The van der Waals surface area contributed by atoms with E-state index in [-0.39, 0.29) is 18.1 Å². The molecule has 0 spiro atoms. The molecule has 23 heavy (non-hydrogen) atoms. The molecule has 3 aromatic rings. The van der Waals surface area contributed by atoms with E-state index in [1.54, 1.807) is 30.5 Å². The Morgan fingerprint density at radius 2 is 2.17 bits per heavy atom. The molecule has 0 saturated carbocycles. The summed E-state index contributed by atoms with van der Waals surface area (Å²) in [6, 6.07) is 9.68. The molecule has 1 aromatic carbocycles. The van der Waals surface area contributed by atoms with Crippen LogP contribution in [0.3, 0.4) is 0 Å². The molecular formula is C17H15FN2O3. The van der Waals surface area contributed by atoms with Crippen molar-refractivity contribution < 1.29 is 18.1 Å². The van der Waals surface area contributed by atoms with E-state index >= 15 is 0 Å². The van der Waals surface area contributed by atoms with Gasteiger partial charge < -0.3 is 14.3 Å². The van der Waals surface area contributed by atoms with Crippen molar-refractivity contribution in [3.8, 4) is 11.3 Å². The molecular weight excluding hydrogens is 299 g/mol. The summed E-state index contributed by atoms with van der Waals surface area (Å²) >= 11 is 0. The number of amides is 1. The van der Waals surface area contributed by atoms with Crippen LogP contribution in [0.2, 0.25) is 0 Å². The lowest BCUT2D eigenvalue weighted by Crippen LogP contribution is -2.22. The second kappa shape index (κ2) is 6.91. The Kier molecular flexibility index (Phi) is 4.52. The van der Waals surface area contributed by atoms with Crippen molar-refractivity contribution in [1.29, 1.82) is 0 Å². The van der Waals surface area contributed by atoms with Gasteiger partial charge in [0.25, 0.3) is 0 Å². The van der Waals surface area contributed by atoms with Crippen molar-refractivity contribution in [2.75, 3.05) is 0 Å². The van der Waals surface area contributed by atoms with E-state index in [0.717, 1.165) is 5.56 Å². The van der Waals surface area contributed by atoms with Gasteiger partial charge in [0.05, 0.1) is 12.8 Å². The van der Waals surface area contributed by atoms with Gasteiger partial charge in [-0.2, -0.15) is 0 Å². The van der Waals surface area contributed by atoms with Crippen LogP contribution in [0.15, 0.2) is 57.9 Å². The molecule has 1 amide bonds. The number of halogens is 1. The summed E-state index contributed by atoms with van der Waals surface area (Å²) in [7, 11) is 0. The van der Waals surface area contributed by atoms with Crippen molar-refractivity contribution in [2.24, 2.45) is 0 Å². The molecule has 6 heteroatoms. The number of rotatable bonds is 6. The van der Waals surface area contributed by atoms with Crippen LogP contribution >= 0.6 is 0 Å². The topological polar surface area (TPSA) is 68.3 Å². The Morgan fingerprint density at radius 3 is 2.96 bits per heavy atom. The molecule has 0 aliphatic carbocycles. The number of carbonyl (C=O) groups is 1. The van der Waals surface area contributed by atoms with E-state index in [4.69, 9.17) is 8.94 Å². The monoisotopic (exact) mass is 314 g/mol. The minimum absolute atomic E-state index is 0.104. The third kappa shape index (κ3) is 3.85. The van der Waals surface area contributed by atoms with Gasteiger partial charge in [-0.25, -0.2) is 4.39 Å². The molecule has 0 fully saturated rings. The van der Waals surface area contributed by atoms with Crippen molar-refractivity contribution >= 4 is 5.91 Å². The molecule has 5 nitrogen and oxygen atoms in total. The number of nitrogens with one attached hydrogen (secondary N) is 1. The number of hydrogen-bond donors (Lipinski definition) is 1. The first kappa shape index (κ1) is 15.0. The van der Waals surface area contributed by atoms with Crippen LogP contribution in [0.1, 0.15) is 17.7 Å². The first-order valence-electron chi connectivity index (χ1n) is 7.20. The van der Waals surface area contributed by atoms with Gasteiger partial charge in [0.1, 0.15) is 23.5 Å². The van der Waals surface area contributed by atoms with Gasteiger partial charge in [0.2, 0.25) is 5.91 Å². The molecule has 118 valence electrons. The highest BCUT2D eigenvalue weighted by Crippen LogP contribution is 2.23. The van der Waals surface area contributed by atoms with E-state index in [1.165, 1.54) is 18.4 Å². The zero-order valence-corrected chi connectivity index (χ0v) is 12.3. The number of aryl methyl sites for hydroxylation is 1. The highest BCUT2D eigenvalue weighted by Gasteiger charge is 2.12. The third-order valence-corrected chi connectivity index (χ3v) is 3.40. The summed E-state index contributed by atoms with van der Waals surface area (Å²) < 4.78 is 23.4. The van der Waals surface area contributed by atoms with Crippen LogP contribution in [0, 0.1) is 5.82 Å². The maximum atomic E-state index is 13.3. The summed E-state index contributed by atoms with van der Waals surface area (Å²) in [5.74, 6) is 0.254. The Labute approximate surface area is 132 Å². The molecule has 0 saturated heterocycles. The Hall–Kier alpha value is -2.89. The first-order valence-corrected chi connectivity index (χ1v) is 7.20. The molecule has 2 heterocycles. The van der Waals surface area contributed by atoms with Crippen molar-refractivity contribution in [3.63, 3.8) is 0 Å². The Balaban J connectivity index is 1.58. The van der Waals surface area contributed by atoms with Crippen LogP contribution in [-0.2, 0) is 17.8 Å². The molecule has 0 aliphatic rings. The molecule has 0 radical (unpaired) electrons. The molecule has 0 aliphatic heterocycles. The van der Waals surface area contributed by atoms with Gasteiger partial charge in [-0.15, -0.1) is 0 Å². The molecule has 0 unspecified atom stereocenters. The first-order chi connectivity index (χ1) is 11.2. The summed E-state index contributed by atoms with van der Waals surface area (Å²) in [4.78, 5) is 11.9. The van der Waals surface area contributed by atoms with Gasteiger partial charge in [-0.3, -0.25) is 4.79 Å². The summed E-state index contributed by atoms with van der Waals surface area (Å²) in [5.41, 5.74) is 1.96. The smallest absolute Gasteiger partial charge is 0.220 e. The predicted molar refractivity (Wildman–Crippen MR) is 80.8 cm³/mol. The highest BCUT2D eigenvalue weighted by molar-refractivity contribution is 5.76. The second-order valence-electron chi connectivity index (χ2n) is 5.05. The number of aromatic nitrogens is 1. The lowest BCUT2D eigenvalue weighted by atomic mass is 10.0. The van der Waals surface area contributed by atoms with Crippen molar-refractivity contribution in [2.45, 2.75) is 19.4 Å². The average Bonchev–Trinajstić information content (AvgIpc) is 3.22. The molecule has 0 atom stereocenters. The molecule has 0 bridgehead atoms.